The van der Waals surface area contributed by atoms with Gasteiger partial charge in [0.1, 0.15) is 0 Å². The molecule has 2 rings (SSSR count). The molecule has 84 valence electrons. The maximum absolute atomic E-state index is 12.4. The molecule has 0 aliphatic heterocycles. The Kier molecular flexibility index (Phi) is 3.47. The lowest BCUT2D eigenvalue weighted by Crippen LogP contribution is -2.14. The van der Waals surface area contributed by atoms with E-state index in [1.54, 1.807) is 0 Å². The minimum atomic E-state index is 0.0651. The van der Waals surface area contributed by atoms with Crippen molar-refractivity contribution in [2.75, 3.05) is 0 Å². The van der Waals surface area contributed by atoms with Crippen LogP contribution in [-0.2, 0) is 0 Å². The van der Waals surface area contributed by atoms with Crippen LogP contribution in [0.2, 0.25) is 0 Å². The molecule has 0 amide bonds. The van der Waals surface area contributed by atoms with Crippen molar-refractivity contribution in [1.82, 2.24) is 0 Å². The van der Waals surface area contributed by atoms with Crippen LogP contribution in [0.15, 0.2) is 30.4 Å². The Balaban J connectivity index is 2.33. The highest BCUT2D eigenvalue weighted by Crippen LogP contribution is 2.33. The normalized spacial score (nSPS) is 20.1. The topological polar surface area (TPSA) is 17.1 Å². The number of hydrogen-bond donors (Lipinski definition) is 0. The van der Waals surface area contributed by atoms with Gasteiger partial charge in [0.2, 0.25) is 0 Å². The monoisotopic (exact) mass is 326 g/mol. The van der Waals surface area contributed by atoms with Crippen molar-refractivity contribution < 1.29 is 4.79 Å². The third kappa shape index (κ3) is 2.21. The molecule has 0 heterocycles. The molecule has 0 N–H and O–H groups in total. The van der Waals surface area contributed by atoms with E-state index in [0.29, 0.717) is 0 Å². The molecule has 1 aliphatic carbocycles. The van der Waals surface area contributed by atoms with Crippen molar-refractivity contribution >= 4 is 28.4 Å². The summed E-state index contributed by atoms with van der Waals surface area (Å²) in [6.07, 6.45) is 3.10. The van der Waals surface area contributed by atoms with Gasteiger partial charge >= 0.3 is 0 Å². The molecule has 0 unspecified atom stereocenters. The second-order valence-corrected chi connectivity index (χ2v) is 5.61. The number of aryl methyl sites for hydroxylation is 1. The lowest BCUT2D eigenvalue weighted by atomic mass is 9.93. The van der Waals surface area contributed by atoms with Gasteiger partial charge in [0, 0.05) is 15.1 Å². The molecule has 1 nitrogen and oxygen atoms in total. The summed E-state index contributed by atoms with van der Waals surface area (Å²) in [6, 6.07) is 6.05. The number of carbonyl (C=O) groups is 1. The lowest BCUT2D eigenvalue weighted by molar-refractivity contribution is 0.0941. The largest absolute Gasteiger partial charge is 0.293 e. The summed E-state index contributed by atoms with van der Waals surface area (Å²) in [7, 11) is 0. The van der Waals surface area contributed by atoms with Crippen LogP contribution in [0, 0.1) is 16.4 Å². The Labute approximate surface area is 110 Å². The van der Waals surface area contributed by atoms with Crippen molar-refractivity contribution in [3.63, 3.8) is 0 Å². The molecule has 0 saturated heterocycles. The van der Waals surface area contributed by atoms with E-state index in [4.69, 9.17) is 0 Å². The van der Waals surface area contributed by atoms with E-state index in [1.165, 1.54) is 0 Å². The van der Waals surface area contributed by atoms with Crippen LogP contribution < -0.4 is 0 Å². The summed E-state index contributed by atoms with van der Waals surface area (Å²) < 4.78 is 1.05. The quantitative estimate of drug-likeness (QED) is 0.454. The van der Waals surface area contributed by atoms with Crippen molar-refractivity contribution in [3.05, 3.63) is 45.0 Å². The van der Waals surface area contributed by atoms with E-state index in [2.05, 4.69) is 29.2 Å². The highest BCUT2D eigenvalue weighted by molar-refractivity contribution is 14.1. The van der Waals surface area contributed by atoms with Crippen LogP contribution in [0.25, 0.3) is 0 Å². The molecule has 1 atom stereocenters. The Morgan fingerprint density at radius 3 is 2.88 bits per heavy atom. The summed E-state index contributed by atoms with van der Waals surface area (Å²) >= 11 is 2.24. The second kappa shape index (κ2) is 4.70. The number of benzene rings is 1. The van der Waals surface area contributed by atoms with Gasteiger partial charge in [-0.05, 0) is 60.9 Å². The minimum absolute atomic E-state index is 0.0651. The molecule has 1 aromatic carbocycles. The van der Waals surface area contributed by atoms with Gasteiger partial charge in [-0.25, -0.2) is 0 Å². The number of Topliss-reactive ketones (excluding diaryl/α,β-unsaturated/α-hetero) is 1. The molecular formula is C14H15IO. The Morgan fingerprint density at radius 2 is 2.25 bits per heavy atom. The van der Waals surface area contributed by atoms with Crippen LogP contribution >= 0.6 is 22.6 Å². The van der Waals surface area contributed by atoms with E-state index in [1.807, 2.05) is 25.1 Å². The number of rotatable bonds is 2. The second-order valence-electron chi connectivity index (χ2n) is 4.45. The van der Waals surface area contributed by atoms with E-state index in [9.17, 15) is 4.79 Å². The molecule has 1 aromatic rings. The first kappa shape index (κ1) is 11.8. The van der Waals surface area contributed by atoms with E-state index < -0.39 is 0 Å². The van der Waals surface area contributed by atoms with Gasteiger partial charge in [0.05, 0.1) is 0 Å². The zero-order valence-electron chi connectivity index (χ0n) is 9.42. The average Bonchev–Trinajstić information content (AvgIpc) is 2.67. The highest BCUT2D eigenvalue weighted by Gasteiger charge is 2.28. The fourth-order valence-corrected chi connectivity index (χ4v) is 2.85. The fraction of sp³-hybridized carbons (Fsp3) is 0.357. The van der Waals surface area contributed by atoms with Gasteiger partial charge in [-0.2, -0.15) is 0 Å². The Morgan fingerprint density at radius 1 is 1.50 bits per heavy atom. The Hall–Kier alpha value is -0.640. The number of hydrogen-bond acceptors (Lipinski definition) is 1. The average molecular weight is 326 g/mol. The van der Waals surface area contributed by atoms with Gasteiger partial charge < -0.3 is 0 Å². The van der Waals surface area contributed by atoms with Crippen molar-refractivity contribution in [3.8, 4) is 0 Å². The first-order chi connectivity index (χ1) is 7.59. The Bertz CT molecular complexity index is 448. The van der Waals surface area contributed by atoms with Gasteiger partial charge in [-0.3, -0.25) is 4.79 Å². The number of halogens is 1. The van der Waals surface area contributed by atoms with Gasteiger partial charge in [-0.15, -0.1) is 0 Å². The van der Waals surface area contributed by atoms with Gasteiger partial charge in [-0.1, -0.05) is 23.8 Å². The van der Waals surface area contributed by atoms with E-state index in [0.717, 1.165) is 39.5 Å². The fourth-order valence-electron chi connectivity index (χ4n) is 2.24. The molecule has 1 saturated carbocycles. The summed E-state index contributed by atoms with van der Waals surface area (Å²) in [4.78, 5) is 12.4. The van der Waals surface area contributed by atoms with Crippen LogP contribution in [0.3, 0.4) is 0 Å². The molecule has 0 spiro atoms. The van der Waals surface area contributed by atoms with Crippen LogP contribution in [0.5, 0.6) is 0 Å². The van der Waals surface area contributed by atoms with Crippen molar-refractivity contribution in [2.24, 2.45) is 5.92 Å². The third-order valence-corrected chi connectivity index (χ3v) is 4.13. The smallest absolute Gasteiger partial charge is 0.171 e. The number of allylic oxidation sites excluding steroid dienone is 1. The molecule has 0 bridgehead atoms. The number of ketones is 1. The lowest BCUT2D eigenvalue weighted by Gasteiger charge is -2.12. The molecule has 1 fully saturated rings. The molecule has 1 aliphatic rings. The minimum Gasteiger partial charge on any atom is -0.293 e. The molecule has 0 aromatic heterocycles. The first-order valence-corrected chi connectivity index (χ1v) is 6.65. The molecular weight excluding hydrogens is 311 g/mol. The molecule has 0 radical (unpaired) electrons. The van der Waals surface area contributed by atoms with Crippen LogP contribution in [-0.4, -0.2) is 5.78 Å². The molecule has 16 heavy (non-hydrogen) atoms. The summed E-state index contributed by atoms with van der Waals surface area (Å²) in [5.41, 5.74) is 3.13. The SMILES string of the molecule is C=C1CCC[C@H]1C(=O)c1cc(C)ccc1I. The zero-order chi connectivity index (χ0) is 11.7. The number of carbonyl (C=O) groups excluding carboxylic acids is 1. The highest BCUT2D eigenvalue weighted by atomic mass is 127. The van der Waals surface area contributed by atoms with Gasteiger partial charge in [0.15, 0.2) is 5.78 Å². The zero-order valence-corrected chi connectivity index (χ0v) is 11.6. The first-order valence-electron chi connectivity index (χ1n) is 5.57. The predicted molar refractivity (Wildman–Crippen MR) is 74.7 cm³/mol. The standard InChI is InChI=1S/C14H15IO/c1-9-6-7-13(15)12(8-9)14(16)11-5-3-4-10(11)2/h6-8,11H,2-5H2,1H3/t11-/m1/s1. The van der Waals surface area contributed by atoms with E-state index in [-0.39, 0.29) is 11.7 Å². The summed E-state index contributed by atoms with van der Waals surface area (Å²) in [6.45, 7) is 6.04. The van der Waals surface area contributed by atoms with E-state index >= 15 is 0 Å². The van der Waals surface area contributed by atoms with Crippen molar-refractivity contribution in [2.45, 2.75) is 26.2 Å². The van der Waals surface area contributed by atoms with Crippen molar-refractivity contribution in [1.29, 1.82) is 0 Å². The summed E-state index contributed by atoms with van der Waals surface area (Å²) in [5.74, 6) is 0.325. The molecule has 2 heteroatoms. The summed E-state index contributed by atoms with van der Waals surface area (Å²) in [5, 5.41) is 0. The predicted octanol–water partition coefficient (Wildman–Crippen LogP) is 4.14. The van der Waals surface area contributed by atoms with Crippen LogP contribution in [0.4, 0.5) is 0 Å². The van der Waals surface area contributed by atoms with Crippen LogP contribution in [0.1, 0.15) is 35.2 Å². The maximum atomic E-state index is 12.4. The maximum Gasteiger partial charge on any atom is 0.171 e. The van der Waals surface area contributed by atoms with Gasteiger partial charge in [0.25, 0.3) is 0 Å². The third-order valence-electron chi connectivity index (χ3n) is 3.19.